The molecule has 1 spiro atoms. The Morgan fingerprint density at radius 1 is 1.16 bits per heavy atom. The van der Waals surface area contributed by atoms with Gasteiger partial charge in [-0.25, -0.2) is 4.98 Å². The van der Waals surface area contributed by atoms with E-state index in [1.807, 2.05) is 10.3 Å². The number of nitrogens with one attached hydrogen (secondary N) is 2. The first-order valence-electron chi connectivity index (χ1n) is 17.8. The number of fused-ring (bicyclic) bond motifs is 1. The van der Waals surface area contributed by atoms with E-state index in [-0.39, 0.29) is 34.0 Å². The third kappa shape index (κ3) is 11.1. The molecule has 5 rings (SSSR count). The Hall–Kier alpha value is -2.88. The molecule has 4 heterocycles. The number of aliphatic hydroxyl groups is 1. The van der Waals surface area contributed by atoms with Crippen molar-refractivity contribution in [2.24, 2.45) is 5.41 Å². The molecular weight excluding hydrogens is 679 g/mol. The van der Waals surface area contributed by atoms with E-state index in [9.17, 15) is 19.8 Å². The number of nitrogens with zero attached hydrogens (tertiary/aromatic N) is 3. The number of aliphatic hydroxyl groups excluding tert-OH is 1. The van der Waals surface area contributed by atoms with E-state index in [1.54, 1.807) is 17.4 Å². The third-order valence-corrected chi connectivity index (χ3v) is 11.9. The predicted octanol–water partition coefficient (Wildman–Crippen LogP) is 5.57. The summed E-state index contributed by atoms with van der Waals surface area (Å²) < 4.78 is 6.93. The highest BCUT2D eigenvalue weighted by molar-refractivity contribution is 7.16. The molecule has 0 radical (unpaired) electrons. The average molecular weight is 734 g/mol. The van der Waals surface area contributed by atoms with Crippen LogP contribution in [0.5, 0.6) is 5.75 Å². The largest absolute Gasteiger partial charge is 0.506 e. The molecule has 12 nitrogen and oxygen atoms in total. The maximum absolute atomic E-state index is 13.2. The van der Waals surface area contributed by atoms with Gasteiger partial charge in [0.25, 0.3) is 12.4 Å². The predicted molar refractivity (Wildman–Crippen MR) is 199 cm³/mol. The lowest BCUT2D eigenvalue weighted by Gasteiger charge is -2.47. The van der Waals surface area contributed by atoms with Crippen LogP contribution in [0, 0.1) is 5.41 Å². The molecule has 0 saturated carbocycles. The number of carbonyl (C=O) groups is 2. The molecule has 1 atom stereocenters. The molecule has 0 aliphatic carbocycles. The van der Waals surface area contributed by atoms with Gasteiger partial charge in [-0.15, -0.1) is 11.3 Å². The van der Waals surface area contributed by atoms with Crippen LogP contribution >= 0.6 is 22.7 Å². The average Bonchev–Trinajstić information content (AvgIpc) is 3.73. The highest BCUT2D eigenvalue weighted by Crippen LogP contribution is 2.33. The van der Waals surface area contributed by atoms with Crippen LogP contribution in [0.2, 0.25) is 0 Å². The van der Waals surface area contributed by atoms with E-state index in [0.717, 1.165) is 68.2 Å². The molecule has 2 fully saturated rings. The summed E-state index contributed by atoms with van der Waals surface area (Å²) in [6.45, 7) is 15.0. The summed E-state index contributed by atoms with van der Waals surface area (Å²) >= 11 is 2.59. The van der Waals surface area contributed by atoms with Crippen LogP contribution in [-0.2, 0) is 9.53 Å². The zero-order chi connectivity index (χ0) is 36.3. The molecule has 14 heteroatoms. The first-order chi connectivity index (χ1) is 23.9. The molecule has 1 amide bonds. The molecule has 2 aromatic heterocycles. The molecule has 50 heavy (non-hydrogen) atoms. The van der Waals surface area contributed by atoms with Crippen LogP contribution in [0.1, 0.15) is 112 Å². The van der Waals surface area contributed by atoms with E-state index in [2.05, 4.69) is 47.9 Å². The van der Waals surface area contributed by atoms with Crippen LogP contribution < -0.4 is 10.2 Å². The molecular formula is C36H55N5O7S2. The number of H-pyrrole nitrogens is 1. The lowest BCUT2D eigenvalue weighted by molar-refractivity contribution is -0.127. The SMILES string of the molecule is CC(C)c1nc(C(=O)N2CCOC3(CCN(CCCCCC(C)(C)CCCNCC(O)c4ccc(O)c5[nH]c(=O)sc45)CC3)C2)cs1.O=CO. The standard InChI is InChI=1S/C35H53N5O5S2.CH2O2/c1-24(2)31-37-26(22-46-31)32(43)40-19-20-45-35(23-40)13-17-39(18-14-35)16-7-5-6-11-34(3,4)12-8-15-36-21-28(42)25-9-10-27(41)29-30(25)47-33(44)38-29;2-1-3/h9-10,22,24,28,36,41-42H,5-8,11-21,23H2,1-4H3,(H,38,44);1H,(H,2,3). The number of morpholine rings is 1. The molecule has 3 aromatic rings. The summed E-state index contributed by atoms with van der Waals surface area (Å²) in [5.74, 6) is 0.401. The number of aromatic amines is 1. The van der Waals surface area contributed by atoms with Gasteiger partial charge in [0.2, 0.25) is 0 Å². The number of benzene rings is 1. The fourth-order valence-corrected chi connectivity index (χ4v) is 8.63. The molecule has 5 N–H and O–H groups in total. The summed E-state index contributed by atoms with van der Waals surface area (Å²) in [6, 6.07) is 3.21. The van der Waals surface area contributed by atoms with Crippen molar-refractivity contribution < 1.29 is 29.6 Å². The maximum Gasteiger partial charge on any atom is 0.305 e. The van der Waals surface area contributed by atoms with E-state index >= 15 is 0 Å². The van der Waals surface area contributed by atoms with Crippen molar-refractivity contribution in [3.05, 3.63) is 43.4 Å². The van der Waals surface area contributed by atoms with Crippen LogP contribution in [0.15, 0.2) is 22.3 Å². The summed E-state index contributed by atoms with van der Waals surface area (Å²) in [5, 5.41) is 33.9. The number of likely N-dealkylation sites (tertiary alicyclic amines) is 1. The lowest BCUT2D eigenvalue weighted by Crippen LogP contribution is -2.58. The number of thiazole rings is 2. The third-order valence-electron chi connectivity index (χ3n) is 9.86. The Labute approximate surface area is 302 Å². The van der Waals surface area contributed by atoms with E-state index in [4.69, 9.17) is 14.6 Å². The van der Waals surface area contributed by atoms with Crippen molar-refractivity contribution in [2.75, 3.05) is 52.4 Å². The zero-order valence-corrected chi connectivity index (χ0v) is 31.5. The quantitative estimate of drug-likeness (QED) is 0.0984. The first-order valence-corrected chi connectivity index (χ1v) is 19.5. The van der Waals surface area contributed by atoms with Crippen molar-refractivity contribution in [2.45, 2.75) is 96.7 Å². The number of phenols is 1. The molecule has 0 bridgehead atoms. The van der Waals surface area contributed by atoms with Gasteiger partial charge in [0.15, 0.2) is 0 Å². The molecule has 2 aliphatic heterocycles. The number of aromatic hydroxyl groups is 1. The van der Waals surface area contributed by atoms with Crippen LogP contribution in [0.3, 0.4) is 0 Å². The molecule has 1 aromatic carbocycles. The summed E-state index contributed by atoms with van der Waals surface area (Å²) in [5.41, 5.74) is 1.68. The second-order valence-corrected chi connectivity index (χ2v) is 16.5. The minimum Gasteiger partial charge on any atom is -0.506 e. The van der Waals surface area contributed by atoms with Gasteiger partial charge in [-0.1, -0.05) is 57.9 Å². The van der Waals surface area contributed by atoms with Gasteiger partial charge >= 0.3 is 4.87 Å². The number of hydrogen-bond acceptors (Lipinski definition) is 11. The number of unbranched alkanes of at least 4 members (excludes halogenated alkanes) is 2. The minimum atomic E-state index is -0.746. The van der Waals surface area contributed by atoms with E-state index in [1.165, 1.54) is 31.7 Å². The van der Waals surface area contributed by atoms with Gasteiger partial charge in [-0.2, -0.15) is 0 Å². The molecule has 2 saturated heterocycles. The van der Waals surface area contributed by atoms with Gasteiger partial charge < -0.3 is 40.2 Å². The number of piperidine rings is 1. The summed E-state index contributed by atoms with van der Waals surface area (Å²) in [4.78, 5) is 44.8. The van der Waals surface area contributed by atoms with Gasteiger partial charge in [-0.05, 0) is 63.1 Å². The Morgan fingerprint density at radius 2 is 1.88 bits per heavy atom. The summed E-state index contributed by atoms with van der Waals surface area (Å²) in [7, 11) is 0. The maximum atomic E-state index is 13.2. The van der Waals surface area contributed by atoms with Crippen LogP contribution in [0.4, 0.5) is 0 Å². The smallest absolute Gasteiger partial charge is 0.305 e. The lowest BCUT2D eigenvalue weighted by atomic mass is 9.82. The number of carboxylic acid groups (broad SMARTS) is 1. The molecule has 1 unspecified atom stereocenters. The zero-order valence-electron chi connectivity index (χ0n) is 29.9. The second kappa shape index (κ2) is 18.6. The van der Waals surface area contributed by atoms with Crippen LogP contribution in [0.25, 0.3) is 10.2 Å². The van der Waals surface area contributed by atoms with Gasteiger partial charge in [0.05, 0.1) is 34.6 Å². The Balaban J connectivity index is 0.00000181. The summed E-state index contributed by atoms with van der Waals surface area (Å²) in [6.07, 6.45) is 8.20. The number of hydrogen-bond donors (Lipinski definition) is 5. The number of carbonyl (C=O) groups excluding carboxylic acids is 1. The highest BCUT2D eigenvalue weighted by Gasteiger charge is 2.41. The normalized spacial score (nSPS) is 17.2. The fraction of sp³-hybridized carbons (Fsp3) is 0.667. The van der Waals surface area contributed by atoms with Crippen molar-refractivity contribution >= 4 is 45.3 Å². The molecule has 2 aliphatic rings. The van der Waals surface area contributed by atoms with Crippen LogP contribution in [-0.4, -0.2) is 105 Å². The second-order valence-electron chi connectivity index (χ2n) is 14.6. The van der Waals surface area contributed by atoms with Gasteiger partial charge in [0.1, 0.15) is 17.0 Å². The number of phenolic OH excluding ortho intramolecular Hbond substituents is 1. The van der Waals surface area contributed by atoms with E-state index < -0.39 is 6.10 Å². The number of aromatic nitrogens is 2. The highest BCUT2D eigenvalue weighted by atomic mass is 32.1. The van der Waals surface area contributed by atoms with Crippen molar-refractivity contribution in [3.63, 3.8) is 0 Å². The van der Waals surface area contributed by atoms with Gasteiger partial charge in [0, 0.05) is 43.0 Å². The fourth-order valence-electron chi connectivity index (χ4n) is 6.90. The first kappa shape index (κ1) is 39.9. The number of amides is 1. The number of ether oxygens (including phenoxy) is 1. The minimum absolute atomic E-state index is 0.0222. The topological polar surface area (TPSA) is 168 Å². The monoisotopic (exact) mass is 733 g/mol. The molecule has 278 valence electrons. The Bertz CT molecular complexity index is 1580. The van der Waals surface area contributed by atoms with Crippen molar-refractivity contribution in [1.29, 1.82) is 0 Å². The Kier molecular flexibility index (Phi) is 14.8. The van der Waals surface area contributed by atoms with Crippen molar-refractivity contribution in [1.82, 2.24) is 25.1 Å². The van der Waals surface area contributed by atoms with E-state index in [0.29, 0.717) is 53.6 Å². The number of rotatable bonds is 15. The Morgan fingerprint density at radius 3 is 2.58 bits per heavy atom. The van der Waals surface area contributed by atoms with Gasteiger partial charge in [-0.3, -0.25) is 14.4 Å². The van der Waals surface area contributed by atoms with Crippen molar-refractivity contribution in [3.8, 4) is 5.75 Å².